The highest BCUT2D eigenvalue weighted by Gasteiger charge is 2.27. The Morgan fingerprint density at radius 2 is 2.04 bits per heavy atom. The molecular formula is C19H26N4O. The van der Waals surface area contributed by atoms with Crippen molar-refractivity contribution in [1.82, 2.24) is 19.7 Å². The van der Waals surface area contributed by atoms with Gasteiger partial charge in [-0.25, -0.2) is 0 Å². The highest BCUT2D eigenvalue weighted by molar-refractivity contribution is 5.76. The smallest absolute Gasteiger partial charge is 0.223 e. The minimum atomic E-state index is 0.262. The predicted molar refractivity (Wildman–Crippen MR) is 93.6 cm³/mol. The average Bonchev–Trinajstić information content (AvgIpc) is 2.91. The first-order valence-electron chi connectivity index (χ1n) is 8.83. The summed E-state index contributed by atoms with van der Waals surface area (Å²) in [7, 11) is 0. The Morgan fingerprint density at radius 3 is 2.75 bits per heavy atom. The first kappa shape index (κ1) is 16.7. The standard InChI is InChI=1S/C19H26N4O/c1-15-13-16(2)23(21-15)14-18-5-3-4-12-22(18)19(24)7-6-17-8-10-20-11-9-17/h8-11,13,18H,3-7,12,14H2,1-2H3/t18-/m1/s1. The second-order valence-corrected chi connectivity index (χ2v) is 6.70. The molecule has 0 unspecified atom stereocenters. The SMILES string of the molecule is Cc1cc(C)n(C[C@H]2CCCCN2C(=O)CCc2ccncc2)n1. The van der Waals surface area contributed by atoms with Crippen LogP contribution in [0.25, 0.3) is 0 Å². The summed E-state index contributed by atoms with van der Waals surface area (Å²) in [5, 5.41) is 4.56. The average molecular weight is 326 g/mol. The maximum Gasteiger partial charge on any atom is 0.223 e. The molecule has 0 saturated carbocycles. The van der Waals surface area contributed by atoms with E-state index in [9.17, 15) is 4.79 Å². The number of hydrogen-bond donors (Lipinski definition) is 0. The van der Waals surface area contributed by atoms with E-state index in [2.05, 4.69) is 32.7 Å². The molecule has 128 valence electrons. The van der Waals surface area contributed by atoms with Crippen LogP contribution in [0.5, 0.6) is 0 Å². The minimum Gasteiger partial charge on any atom is -0.338 e. The van der Waals surface area contributed by atoms with E-state index in [1.165, 1.54) is 17.7 Å². The van der Waals surface area contributed by atoms with Gasteiger partial charge in [0.2, 0.25) is 5.91 Å². The zero-order valence-corrected chi connectivity index (χ0v) is 14.6. The van der Waals surface area contributed by atoms with Crippen LogP contribution in [-0.4, -0.2) is 38.2 Å². The summed E-state index contributed by atoms with van der Waals surface area (Å²) in [4.78, 5) is 18.9. The van der Waals surface area contributed by atoms with Crippen molar-refractivity contribution in [2.24, 2.45) is 0 Å². The molecule has 1 aliphatic rings. The molecule has 5 nitrogen and oxygen atoms in total. The van der Waals surface area contributed by atoms with E-state index >= 15 is 0 Å². The molecule has 0 spiro atoms. The molecule has 2 aromatic rings. The Labute approximate surface area is 143 Å². The Morgan fingerprint density at radius 1 is 1.25 bits per heavy atom. The van der Waals surface area contributed by atoms with Crippen LogP contribution in [-0.2, 0) is 17.8 Å². The van der Waals surface area contributed by atoms with Crippen LogP contribution in [0, 0.1) is 13.8 Å². The third-order valence-corrected chi connectivity index (χ3v) is 4.81. The number of hydrogen-bond acceptors (Lipinski definition) is 3. The molecule has 5 heteroatoms. The van der Waals surface area contributed by atoms with Gasteiger partial charge in [0.05, 0.1) is 18.3 Å². The summed E-state index contributed by atoms with van der Waals surface area (Å²) in [5.74, 6) is 0.262. The van der Waals surface area contributed by atoms with Crippen molar-refractivity contribution in [2.75, 3.05) is 6.54 Å². The van der Waals surface area contributed by atoms with Crippen molar-refractivity contribution >= 4 is 5.91 Å². The van der Waals surface area contributed by atoms with Gasteiger partial charge in [0.15, 0.2) is 0 Å². The molecule has 0 radical (unpaired) electrons. The second-order valence-electron chi connectivity index (χ2n) is 6.70. The van der Waals surface area contributed by atoms with E-state index in [0.29, 0.717) is 6.42 Å². The van der Waals surface area contributed by atoms with Gasteiger partial charge in [0.25, 0.3) is 0 Å². The van der Waals surface area contributed by atoms with Gasteiger partial charge in [-0.15, -0.1) is 0 Å². The van der Waals surface area contributed by atoms with E-state index < -0.39 is 0 Å². The van der Waals surface area contributed by atoms with Crippen LogP contribution in [0.4, 0.5) is 0 Å². The predicted octanol–water partition coefficient (Wildman–Crippen LogP) is 2.91. The topological polar surface area (TPSA) is 51.0 Å². The van der Waals surface area contributed by atoms with Gasteiger partial charge >= 0.3 is 0 Å². The molecule has 2 aromatic heterocycles. The largest absolute Gasteiger partial charge is 0.338 e. The van der Waals surface area contributed by atoms with E-state index in [1.807, 2.05) is 19.1 Å². The molecule has 1 saturated heterocycles. The van der Waals surface area contributed by atoms with Gasteiger partial charge < -0.3 is 4.90 Å². The molecule has 0 aromatic carbocycles. The highest BCUT2D eigenvalue weighted by Crippen LogP contribution is 2.21. The Bertz CT molecular complexity index is 680. The molecule has 1 atom stereocenters. The number of piperidine rings is 1. The van der Waals surface area contributed by atoms with Crippen molar-refractivity contribution in [1.29, 1.82) is 0 Å². The number of carbonyl (C=O) groups is 1. The van der Waals surface area contributed by atoms with E-state index in [-0.39, 0.29) is 11.9 Å². The van der Waals surface area contributed by atoms with E-state index in [0.717, 1.165) is 38.0 Å². The van der Waals surface area contributed by atoms with Crippen LogP contribution in [0.1, 0.15) is 42.6 Å². The van der Waals surface area contributed by atoms with E-state index in [1.54, 1.807) is 12.4 Å². The van der Waals surface area contributed by atoms with Crippen LogP contribution >= 0.6 is 0 Å². The number of nitrogens with zero attached hydrogens (tertiary/aromatic N) is 4. The third kappa shape index (κ3) is 4.02. The summed E-state index contributed by atoms with van der Waals surface area (Å²) < 4.78 is 2.05. The van der Waals surface area contributed by atoms with Crippen molar-refractivity contribution < 1.29 is 4.79 Å². The zero-order chi connectivity index (χ0) is 16.9. The van der Waals surface area contributed by atoms with Gasteiger partial charge in [-0.1, -0.05) is 0 Å². The molecule has 3 heterocycles. The number of aromatic nitrogens is 3. The molecule has 1 fully saturated rings. The van der Waals surface area contributed by atoms with Gasteiger partial charge in [-0.2, -0.15) is 5.10 Å². The molecule has 1 amide bonds. The Kier molecular flexibility index (Phi) is 5.28. The van der Waals surface area contributed by atoms with Crippen molar-refractivity contribution in [3.05, 3.63) is 47.5 Å². The summed E-state index contributed by atoms with van der Waals surface area (Å²) >= 11 is 0. The molecular weight excluding hydrogens is 300 g/mol. The summed E-state index contributed by atoms with van der Waals surface area (Å²) in [6, 6.07) is 6.33. The van der Waals surface area contributed by atoms with Crippen LogP contribution in [0.15, 0.2) is 30.6 Å². The van der Waals surface area contributed by atoms with Crippen LogP contribution in [0.3, 0.4) is 0 Å². The molecule has 0 N–H and O–H groups in total. The Hall–Kier alpha value is -2.17. The maximum atomic E-state index is 12.7. The van der Waals surface area contributed by atoms with Gasteiger partial charge in [0, 0.05) is 31.1 Å². The molecule has 0 bridgehead atoms. The van der Waals surface area contributed by atoms with Crippen LogP contribution in [0.2, 0.25) is 0 Å². The number of rotatable bonds is 5. The first-order chi connectivity index (χ1) is 11.6. The quantitative estimate of drug-likeness (QED) is 0.849. The molecule has 0 aliphatic carbocycles. The van der Waals surface area contributed by atoms with Gasteiger partial charge in [-0.3, -0.25) is 14.5 Å². The number of amides is 1. The lowest BCUT2D eigenvalue weighted by Gasteiger charge is -2.36. The van der Waals surface area contributed by atoms with E-state index in [4.69, 9.17) is 0 Å². The number of likely N-dealkylation sites (tertiary alicyclic amines) is 1. The Balaban J connectivity index is 1.63. The van der Waals surface area contributed by atoms with Crippen LogP contribution < -0.4 is 0 Å². The molecule has 1 aliphatic heterocycles. The lowest BCUT2D eigenvalue weighted by atomic mass is 10.0. The van der Waals surface area contributed by atoms with Crippen molar-refractivity contribution in [2.45, 2.75) is 58.5 Å². The fourth-order valence-electron chi connectivity index (χ4n) is 3.52. The molecule has 3 rings (SSSR count). The monoisotopic (exact) mass is 326 g/mol. The minimum absolute atomic E-state index is 0.262. The second kappa shape index (κ2) is 7.60. The maximum absolute atomic E-state index is 12.7. The summed E-state index contributed by atoms with van der Waals surface area (Å²) in [5.41, 5.74) is 3.38. The third-order valence-electron chi connectivity index (χ3n) is 4.81. The highest BCUT2D eigenvalue weighted by atomic mass is 16.2. The summed E-state index contributed by atoms with van der Waals surface area (Å²) in [6.07, 6.45) is 8.28. The number of aryl methyl sites for hydroxylation is 3. The van der Waals surface area contributed by atoms with Gasteiger partial charge in [0.1, 0.15) is 0 Å². The number of carbonyl (C=O) groups excluding carboxylic acids is 1. The lowest BCUT2D eigenvalue weighted by molar-refractivity contribution is -0.135. The zero-order valence-electron chi connectivity index (χ0n) is 14.6. The van der Waals surface area contributed by atoms with Crippen molar-refractivity contribution in [3.63, 3.8) is 0 Å². The van der Waals surface area contributed by atoms with Crippen molar-refractivity contribution in [3.8, 4) is 0 Å². The van der Waals surface area contributed by atoms with Gasteiger partial charge in [-0.05, 0) is 63.3 Å². The first-order valence-corrected chi connectivity index (χ1v) is 8.83. The summed E-state index contributed by atoms with van der Waals surface area (Å²) in [6.45, 7) is 5.78. The lowest BCUT2D eigenvalue weighted by Crippen LogP contribution is -2.46. The molecule has 24 heavy (non-hydrogen) atoms. The number of pyridine rings is 1. The fraction of sp³-hybridized carbons (Fsp3) is 0.526. The normalized spacial score (nSPS) is 17.9. The fourth-order valence-corrected chi connectivity index (χ4v) is 3.52.